The van der Waals surface area contributed by atoms with E-state index >= 15 is 0 Å². The normalized spacial score (nSPS) is 29.3. The van der Waals surface area contributed by atoms with Gasteiger partial charge in [0.1, 0.15) is 0 Å². The molecule has 3 heteroatoms. The number of carbonyl (C=O) groups excluding carboxylic acids is 1. The van der Waals surface area contributed by atoms with Crippen LogP contribution < -0.4 is 5.73 Å². The zero-order chi connectivity index (χ0) is 14.4. The van der Waals surface area contributed by atoms with Crippen LogP contribution >= 0.6 is 0 Å². The minimum atomic E-state index is 0.348. The molecule has 1 fully saturated rings. The van der Waals surface area contributed by atoms with Crippen LogP contribution in [0.3, 0.4) is 0 Å². The Labute approximate surface area is 118 Å². The predicted molar refractivity (Wildman–Crippen MR) is 80.8 cm³/mol. The maximum Gasteiger partial charge on any atom is 0.222 e. The molecule has 0 spiro atoms. The van der Waals surface area contributed by atoms with Crippen molar-refractivity contribution in [1.82, 2.24) is 4.90 Å². The highest BCUT2D eigenvalue weighted by Crippen LogP contribution is 2.28. The lowest BCUT2D eigenvalue weighted by Crippen LogP contribution is -2.48. The van der Waals surface area contributed by atoms with E-state index in [0.29, 0.717) is 36.1 Å². The molecule has 112 valence electrons. The van der Waals surface area contributed by atoms with Gasteiger partial charge >= 0.3 is 0 Å². The monoisotopic (exact) mass is 268 g/mol. The second-order valence-corrected chi connectivity index (χ2v) is 6.50. The van der Waals surface area contributed by atoms with E-state index in [4.69, 9.17) is 5.73 Å². The average Bonchev–Trinajstić information content (AvgIpc) is 2.38. The number of nitrogens with zero attached hydrogens (tertiary/aromatic N) is 1. The van der Waals surface area contributed by atoms with Crippen LogP contribution in [0.15, 0.2) is 0 Å². The molecule has 4 unspecified atom stereocenters. The van der Waals surface area contributed by atoms with Gasteiger partial charge in [-0.3, -0.25) is 4.79 Å². The van der Waals surface area contributed by atoms with Gasteiger partial charge in [-0.25, -0.2) is 0 Å². The molecule has 4 atom stereocenters. The molecule has 1 heterocycles. The third kappa shape index (κ3) is 4.79. The van der Waals surface area contributed by atoms with Gasteiger partial charge in [0.2, 0.25) is 5.91 Å². The van der Waals surface area contributed by atoms with Gasteiger partial charge in [0, 0.05) is 19.0 Å². The highest BCUT2D eigenvalue weighted by atomic mass is 16.2. The number of piperidine rings is 1. The summed E-state index contributed by atoms with van der Waals surface area (Å²) in [6.45, 7) is 10.6. The first-order chi connectivity index (χ1) is 8.99. The van der Waals surface area contributed by atoms with Crippen molar-refractivity contribution >= 4 is 5.91 Å². The second-order valence-electron chi connectivity index (χ2n) is 6.50. The van der Waals surface area contributed by atoms with Crippen LogP contribution in [0.25, 0.3) is 0 Å². The summed E-state index contributed by atoms with van der Waals surface area (Å²) in [6.07, 6.45) is 5.12. The van der Waals surface area contributed by atoms with E-state index in [-0.39, 0.29) is 0 Å². The van der Waals surface area contributed by atoms with Crippen LogP contribution in [0, 0.1) is 17.8 Å². The fourth-order valence-corrected chi connectivity index (χ4v) is 3.30. The van der Waals surface area contributed by atoms with Gasteiger partial charge in [0.15, 0.2) is 0 Å². The minimum absolute atomic E-state index is 0.348. The largest absolute Gasteiger partial charge is 0.339 e. The number of hydrogen-bond acceptors (Lipinski definition) is 2. The lowest BCUT2D eigenvalue weighted by molar-refractivity contribution is -0.137. The summed E-state index contributed by atoms with van der Waals surface area (Å²) in [5, 5.41) is 0. The van der Waals surface area contributed by atoms with Gasteiger partial charge in [-0.15, -0.1) is 0 Å². The number of likely N-dealkylation sites (tertiary alicyclic amines) is 1. The maximum atomic E-state index is 12.4. The van der Waals surface area contributed by atoms with Crippen molar-refractivity contribution in [1.29, 1.82) is 0 Å². The Hall–Kier alpha value is -0.570. The van der Waals surface area contributed by atoms with Crippen LogP contribution in [-0.4, -0.2) is 29.9 Å². The fourth-order valence-electron chi connectivity index (χ4n) is 3.30. The van der Waals surface area contributed by atoms with Crippen molar-refractivity contribution < 1.29 is 4.79 Å². The molecule has 0 aromatic heterocycles. The molecular formula is C16H32N2O. The van der Waals surface area contributed by atoms with E-state index in [1.54, 1.807) is 0 Å². The molecule has 1 saturated heterocycles. The van der Waals surface area contributed by atoms with E-state index in [2.05, 4.69) is 32.6 Å². The lowest BCUT2D eigenvalue weighted by atomic mass is 9.85. The quantitative estimate of drug-likeness (QED) is 0.805. The van der Waals surface area contributed by atoms with Crippen molar-refractivity contribution in [2.24, 2.45) is 23.5 Å². The average molecular weight is 268 g/mol. The Morgan fingerprint density at radius 2 is 2.00 bits per heavy atom. The first kappa shape index (κ1) is 16.5. The Morgan fingerprint density at radius 1 is 1.32 bits per heavy atom. The summed E-state index contributed by atoms with van der Waals surface area (Å²) in [5.74, 6) is 2.23. The Bertz CT molecular complexity index is 280. The van der Waals surface area contributed by atoms with Crippen molar-refractivity contribution in [3.8, 4) is 0 Å². The molecule has 1 rings (SSSR count). The number of hydrogen-bond donors (Lipinski definition) is 1. The third-order valence-electron chi connectivity index (χ3n) is 4.84. The maximum absolute atomic E-state index is 12.4. The Morgan fingerprint density at radius 3 is 2.58 bits per heavy atom. The molecule has 0 bridgehead atoms. The van der Waals surface area contributed by atoms with Crippen LogP contribution in [-0.2, 0) is 4.79 Å². The van der Waals surface area contributed by atoms with Crippen molar-refractivity contribution in [3.05, 3.63) is 0 Å². The molecule has 0 aromatic carbocycles. The van der Waals surface area contributed by atoms with Crippen molar-refractivity contribution in [2.45, 2.75) is 65.8 Å². The predicted octanol–water partition coefficient (Wildman–Crippen LogP) is 3.03. The molecule has 2 N–H and O–H groups in total. The molecule has 19 heavy (non-hydrogen) atoms. The van der Waals surface area contributed by atoms with Gasteiger partial charge in [-0.1, -0.05) is 27.2 Å². The third-order valence-corrected chi connectivity index (χ3v) is 4.84. The molecule has 1 aliphatic heterocycles. The molecule has 0 saturated carbocycles. The zero-order valence-electron chi connectivity index (χ0n) is 13.2. The smallest absolute Gasteiger partial charge is 0.222 e. The molecule has 0 aliphatic carbocycles. The Balaban J connectivity index is 2.47. The van der Waals surface area contributed by atoms with Gasteiger partial charge in [-0.05, 0) is 50.5 Å². The summed E-state index contributed by atoms with van der Waals surface area (Å²) in [6, 6.07) is 0.401. The fraction of sp³-hybridized carbons (Fsp3) is 0.938. The minimum Gasteiger partial charge on any atom is -0.339 e. The lowest BCUT2D eigenvalue weighted by Gasteiger charge is -2.41. The molecule has 0 radical (unpaired) electrons. The highest BCUT2D eigenvalue weighted by Gasteiger charge is 2.31. The van der Waals surface area contributed by atoms with E-state index in [9.17, 15) is 4.79 Å². The van der Waals surface area contributed by atoms with Crippen LogP contribution in [0.2, 0.25) is 0 Å². The number of carbonyl (C=O) groups is 1. The highest BCUT2D eigenvalue weighted by molar-refractivity contribution is 5.76. The topological polar surface area (TPSA) is 46.3 Å². The molecule has 1 aliphatic rings. The van der Waals surface area contributed by atoms with Gasteiger partial charge in [0.05, 0.1) is 0 Å². The molecule has 0 aromatic rings. The van der Waals surface area contributed by atoms with E-state index in [0.717, 1.165) is 32.4 Å². The second kappa shape index (κ2) is 7.88. The van der Waals surface area contributed by atoms with E-state index in [1.165, 1.54) is 6.42 Å². The molecular weight excluding hydrogens is 236 g/mol. The first-order valence-corrected chi connectivity index (χ1v) is 7.99. The summed E-state index contributed by atoms with van der Waals surface area (Å²) in [7, 11) is 0. The zero-order valence-corrected chi connectivity index (χ0v) is 13.2. The van der Waals surface area contributed by atoms with Crippen LogP contribution in [0.4, 0.5) is 0 Å². The van der Waals surface area contributed by atoms with E-state index < -0.39 is 0 Å². The summed E-state index contributed by atoms with van der Waals surface area (Å²) >= 11 is 0. The summed E-state index contributed by atoms with van der Waals surface area (Å²) in [5.41, 5.74) is 5.62. The van der Waals surface area contributed by atoms with Crippen molar-refractivity contribution in [2.75, 3.05) is 13.1 Å². The van der Waals surface area contributed by atoms with Crippen LogP contribution in [0.5, 0.6) is 0 Å². The van der Waals surface area contributed by atoms with Crippen molar-refractivity contribution in [3.63, 3.8) is 0 Å². The number of amides is 1. The summed E-state index contributed by atoms with van der Waals surface area (Å²) < 4.78 is 0. The SMILES string of the molecule is CCC(CCN)CCC(=O)N1CC(C)CC(C)C1C. The number of nitrogens with two attached hydrogens (primary N) is 1. The summed E-state index contributed by atoms with van der Waals surface area (Å²) in [4.78, 5) is 14.5. The first-order valence-electron chi connectivity index (χ1n) is 7.99. The standard InChI is InChI=1S/C16H32N2O/c1-5-15(8-9-17)6-7-16(19)18-11-12(2)10-13(3)14(18)4/h12-15H,5-11,17H2,1-4H3. The van der Waals surface area contributed by atoms with Gasteiger partial charge < -0.3 is 10.6 Å². The number of rotatable bonds is 6. The van der Waals surface area contributed by atoms with Gasteiger partial charge in [-0.2, -0.15) is 0 Å². The Kier molecular flexibility index (Phi) is 6.84. The van der Waals surface area contributed by atoms with E-state index in [1.807, 2.05) is 0 Å². The van der Waals surface area contributed by atoms with Gasteiger partial charge in [0.25, 0.3) is 0 Å². The van der Waals surface area contributed by atoms with Crippen LogP contribution in [0.1, 0.15) is 59.8 Å². The molecule has 1 amide bonds. The molecule has 3 nitrogen and oxygen atoms in total.